The normalized spacial score (nSPS) is 11.5. The van der Waals surface area contributed by atoms with Gasteiger partial charge in [-0.05, 0) is 34.2 Å². The summed E-state index contributed by atoms with van der Waals surface area (Å²) < 4.78 is 22.3. The van der Waals surface area contributed by atoms with Gasteiger partial charge in [-0.1, -0.05) is 18.2 Å². The lowest BCUT2D eigenvalue weighted by atomic mass is 10.2. The van der Waals surface area contributed by atoms with Crippen LogP contribution >= 0.6 is 33.3 Å². The molecule has 2 nitrogen and oxygen atoms in total. The lowest BCUT2D eigenvalue weighted by Crippen LogP contribution is -1.96. The third-order valence-electron chi connectivity index (χ3n) is 1.29. The highest BCUT2D eigenvalue weighted by Gasteiger charge is 2.08. The van der Waals surface area contributed by atoms with Gasteiger partial charge >= 0.3 is 0 Å². The van der Waals surface area contributed by atoms with Crippen LogP contribution in [0.1, 0.15) is 5.56 Å². The Balaban J connectivity index is 2.98. The van der Waals surface area contributed by atoms with Gasteiger partial charge in [-0.25, -0.2) is 8.42 Å². The number of rotatable bonds is 2. The molecule has 0 amide bonds. The van der Waals surface area contributed by atoms with Crippen molar-refractivity contribution in [3.63, 3.8) is 0 Å². The highest BCUT2D eigenvalue weighted by atomic mass is 127. The van der Waals surface area contributed by atoms with Crippen LogP contribution in [0.2, 0.25) is 0 Å². The Bertz CT molecular complexity index is 375. The first-order chi connectivity index (χ1) is 5.49. The second kappa shape index (κ2) is 3.93. The minimum absolute atomic E-state index is 0.104. The van der Waals surface area contributed by atoms with Crippen LogP contribution in [0.5, 0.6) is 0 Å². The van der Waals surface area contributed by atoms with Crippen molar-refractivity contribution >= 4 is 42.3 Å². The molecule has 0 heterocycles. The van der Waals surface area contributed by atoms with E-state index in [4.69, 9.17) is 10.7 Å². The molecule has 0 N–H and O–H groups in total. The molecule has 0 unspecified atom stereocenters. The van der Waals surface area contributed by atoms with Crippen molar-refractivity contribution in [3.05, 3.63) is 33.4 Å². The van der Waals surface area contributed by atoms with Gasteiger partial charge < -0.3 is 0 Å². The molecule has 0 atom stereocenters. The fourth-order valence-electron chi connectivity index (χ4n) is 0.801. The second-order valence-corrected chi connectivity index (χ2v) is 6.21. The maximum absolute atomic E-state index is 10.7. The summed E-state index contributed by atoms with van der Waals surface area (Å²) >= 11 is 2.08. The summed E-state index contributed by atoms with van der Waals surface area (Å²) in [6, 6.07) is 7.24. The zero-order valence-electron chi connectivity index (χ0n) is 6.00. The Morgan fingerprint density at radius 1 is 1.33 bits per heavy atom. The minimum Gasteiger partial charge on any atom is -0.212 e. The van der Waals surface area contributed by atoms with Crippen molar-refractivity contribution < 1.29 is 8.42 Å². The molecule has 66 valence electrons. The predicted octanol–water partition coefficient (Wildman–Crippen LogP) is 2.36. The Morgan fingerprint density at radius 2 is 1.92 bits per heavy atom. The summed E-state index contributed by atoms with van der Waals surface area (Å²) in [7, 11) is 1.68. The highest BCUT2D eigenvalue weighted by Crippen LogP contribution is 2.16. The summed E-state index contributed by atoms with van der Waals surface area (Å²) in [6.45, 7) is 0. The molecule has 1 aromatic rings. The maximum Gasteiger partial charge on any atom is 0.236 e. The molecule has 0 spiro atoms. The molecule has 1 rings (SSSR count). The van der Waals surface area contributed by atoms with E-state index in [9.17, 15) is 8.42 Å². The van der Waals surface area contributed by atoms with E-state index in [-0.39, 0.29) is 5.75 Å². The van der Waals surface area contributed by atoms with Crippen molar-refractivity contribution in [2.45, 2.75) is 5.75 Å². The molecule has 0 radical (unpaired) electrons. The monoisotopic (exact) mass is 316 g/mol. The Kier molecular flexibility index (Phi) is 3.37. The summed E-state index contributed by atoms with van der Waals surface area (Å²) in [4.78, 5) is 0. The molecule has 0 aliphatic carbocycles. The smallest absolute Gasteiger partial charge is 0.212 e. The van der Waals surface area contributed by atoms with Gasteiger partial charge in [0, 0.05) is 14.3 Å². The molecule has 0 aromatic heterocycles. The summed E-state index contributed by atoms with van der Waals surface area (Å²) in [5.41, 5.74) is 0.744. The van der Waals surface area contributed by atoms with Crippen LogP contribution in [0, 0.1) is 3.57 Å². The zero-order chi connectivity index (χ0) is 9.19. The van der Waals surface area contributed by atoms with E-state index in [0.717, 1.165) is 9.13 Å². The second-order valence-electron chi connectivity index (χ2n) is 2.27. The van der Waals surface area contributed by atoms with Crippen molar-refractivity contribution in [2.24, 2.45) is 0 Å². The molecule has 12 heavy (non-hydrogen) atoms. The Morgan fingerprint density at radius 3 is 2.42 bits per heavy atom. The number of hydrogen-bond acceptors (Lipinski definition) is 2. The van der Waals surface area contributed by atoms with Crippen LogP contribution in [0.3, 0.4) is 0 Å². The van der Waals surface area contributed by atoms with Gasteiger partial charge in [0.15, 0.2) is 0 Å². The molecule has 5 heteroatoms. The first kappa shape index (κ1) is 10.3. The van der Waals surface area contributed by atoms with Crippen molar-refractivity contribution in [3.8, 4) is 0 Å². The zero-order valence-corrected chi connectivity index (χ0v) is 9.73. The van der Waals surface area contributed by atoms with Gasteiger partial charge in [-0.2, -0.15) is 0 Å². The third kappa shape index (κ3) is 3.28. The molecule has 0 bridgehead atoms. The van der Waals surface area contributed by atoms with E-state index in [1.54, 1.807) is 12.1 Å². The van der Waals surface area contributed by atoms with Gasteiger partial charge in [0.05, 0.1) is 5.75 Å². The number of halogens is 2. The molecule has 0 aliphatic rings. The quantitative estimate of drug-likeness (QED) is 0.620. The summed E-state index contributed by atoms with van der Waals surface area (Å²) in [5, 5.41) is 0. The van der Waals surface area contributed by atoms with Crippen molar-refractivity contribution in [1.82, 2.24) is 0 Å². The standard InChI is InChI=1S/C7H6ClIO2S/c8-12(10,11)5-6-3-1-2-4-7(6)9/h1-4H,5H2. The van der Waals surface area contributed by atoms with E-state index in [1.165, 1.54) is 0 Å². The molecule has 0 aliphatic heterocycles. The third-order valence-corrected chi connectivity index (χ3v) is 3.32. The average molecular weight is 317 g/mol. The predicted molar refractivity (Wildman–Crippen MR) is 57.6 cm³/mol. The van der Waals surface area contributed by atoms with Gasteiger partial charge in [0.2, 0.25) is 9.05 Å². The first-order valence-corrected chi connectivity index (χ1v) is 6.70. The summed E-state index contributed by atoms with van der Waals surface area (Å²) in [6.07, 6.45) is 0. The summed E-state index contributed by atoms with van der Waals surface area (Å²) in [5.74, 6) is -0.104. The fraction of sp³-hybridized carbons (Fsp3) is 0.143. The number of benzene rings is 1. The molecular weight excluding hydrogens is 310 g/mol. The number of hydrogen-bond donors (Lipinski definition) is 0. The van der Waals surface area contributed by atoms with Crippen molar-refractivity contribution in [1.29, 1.82) is 0 Å². The lowest BCUT2D eigenvalue weighted by Gasteiger charge is -1.99. The lowest BCUT2D eigenvalue weighted by molar-refractivity contribution is 0.609. The minimum atomic E-state index is -3.43. The Hall–Kier alpha value is 0.190. The van der Waals surface area contributed by atoms with Crippen LogP contribution < -0.4 is 0 Å². The fourth-order valence-corrected chi connectivity index (χ4v) is 2.61. The average Bonchev–Trinajstić information content (AvgIpc) is 1.91. The van der Waals surface area contributed by atoms with Gasteiger partial charge in [-0.15, -0.1) is 0 Å². The van der Waals surface area contributed by atoms with E-state index < -0.39 is 9.05 Å². The van der Waals surface area contributed by atoms with E-state index >= 15 is 0 Å². The van der Waals surface area contributed by atoms with Crippen molar-refractivity contribution in [2.75, 3.05) is 0 Å². The van der Waals surface area contributed by atoms with Gasteiger partial charge in [0.25, 0.3) is 0 Å². The van der Waals surface area contributed by atoms with E-state index in [1.807, 2.05) is 12.1 Å². The maximum atomic E-state index is 10.7. The molecule has 1 aromatic carbocycles. The molecule has 0 saturated heterocycles. The first-order valence-electron chi connectivity index (χ1n) is 3.15. The largest absolute Gasteiger partial charge is 0.236 e. The highest BCUT2D eigenvalue weighted by molar-refractivity contribution is 14.1. The van der Waals surface area contributed by atoms with Gasteiger partial charge in [-0.3, -0.25) is 0 Å². The van der Waals surface area contributed by atoms with Crippen LogP contribution in [0.25, 0.3) is 0 Å². The van der Waals surface area contributed by atoms with Crippen LogP contribution in [-0.2, 0) is 14.8 Å². The topological polar surface area (TPSA) is 34.1 Å². The van der Waals surface area contributed by atoms with Crippen LogP contribution in [0.15, 0.2) is 24.3 Å². The van der Waals surface area contributed by atoms with Crippen LogP contribution in [0.4, 0.5) is 0 Å². The Labute approximate surface area is 89.5 Å². The molecule has 0 fully saturated rings. The molecule has 0 saturated carbocycles. The van der Waals surface area contributed by atoms with E-state index in [0.29, 0.717) is 0 Å². The van der Waals surface area contributed by atoms with Gasteiger partial charge in [0.1, 0.15) is 0 Å². The van der Waals surface area contributed by atoms with E-state index in [2.05, 4.69) is 22.6 Å². The molecular formula is C7H6ClIO2S. The van der Waals surface area contributed by atoms with Crippen LogP contribution in [-0.4, -0.2) is 8.42 Å². The SMILES string of the molecule is O=S(=O)(Cl)Cc1ccccc1I.